The Bertz CT molecular complexity index is 838. The number of hydrogen-bond acceptors (Lipinski definition) is 6. The van der Waals surface area contributed by atoms with E-state index >= 15 is 0 Å². The third-order valence-electron chi connectivity index (χ3n) is 6.59. The number of hydrogen-bond donors (Lipinski definition) is 5. The Labute approximate surface area is 202 Å². The number of ketones is 1. The number of carbonyl (C=O) groups excluding carboxylic acids is 2. The number of rotatable bonds is 13. The fourth-order valence-electron chi connectivity index (χ4n) is 4.44. The first kappa shape index (κ1) is 28.5. The van der Waals surface area contributed by atoms with Crippen LogP contribution in [0.1, 0.15) is 64.4 Å². The highest BCUT2D eigenvalue weighted by molar-refractivity contribution is 7.58. The summed E-state index contributed by atoms with van der Waals surface area (Å²) in [7, 11) is -3.48. The van der Waals surface area contributed by atoms with Gasteiger partial charge in [0.1, 0.15) is 5.75 Å². The van der Waals surface area contributed by atoms with Crippen LogP contribution in [-0.4, -0.2) is 57.3 Å². The summed E-state index contributed by atoms with van der Waals surface area (Å²) in [6.07, 6.45) is 4.41. The average molecular weight is 497 g/mol. The van der Waals surface area contributed by atoms with Crippen molar-refractivity contribution < 1.29 is 29.3 Å². The van der Waals surface area contributed by atoms with Crippen LogP contribution in [0.3, 0.4) is 0 Å². The second-order valence-corrected chi connectivity index (χ2v) is 12.5. The first-order chi connectivity index (χ1) is 16.0. The molecule has 9 heteroatoms. The van der Waals surface area contributed by atoms with Crippen LogP contribution in [0.2, 0.25) is 0 Å². The molecule has 1 aromatic rings. The molecular formula is C25H41N2O6P. The summed E-state index contributed by atoms with van der Waals surface area (Å²) in [5, 5.41) is 22.6. The third-order valence-corrected chi connectivity index (χ3v) is 8.67. The number of aliphatic hydroxyl groups excluding tert-OH is 1. The standard InChI is InChI=1S/C25H41N2O6P/c1-17(2)24(26)25(31)27-22(14-18-8-10-20(28)11-9-18)23(30)13-12-21(29)16-34(32,33)15-19-6-4-3-5-7-19/h8-11,17,19,21-22,24,28-29H,3-7,12-16,26H2,1-2H3,(H,27,31)(H,32,33)/t21-,22+,24+/m1/s1. The molecule has 1 aromatic carbocycles. The van der Waals surface area contributed by atoms with Crippen molar-refractivity contribution in [3.8, 4) is 5.75 Å². The lowest BCUT2D eigenvalue weighted by Crippen LogP contribution is -2.51. The third kappa shape index (κ3) is 9.87. The topological polar surface area (TPSA) is 150 Å². The van der Waals surface area contributed by atoms with Gasteiger partial charge in [0.25, 0.3) is 0 Å². The van der Waals surface area contributed by atoms with Crippen LogP contribution in [0.4, 0.5) is 0 Å². The number of nitrogens with one attached hydrogen (secondary N) is 1. The Morgan fingerprint density at radius 1 is 1.15 bits per heavy atom. The summed E-state index contributed by atoms with van der Waals surface area (Å²) < 4.78 is 12.6. The van der Waals surface area contributed by atoms with Crippen molar-refractivity contribution in [1.82, 2.24) is 5.32 Å². The van der Waals surface area contributed by atoms with Crippen LogP contribution in [-0.2, 0) is 20.6 Å². The zero-order chi connectivity index (χ0) is 25.3. The Kier molecular flexibility index (Phi) is 11.2. The molecule has 1 unspecified atom stereocenters. The smallest absolute Gasteiger partial charge is 0.237 e. The lowest BCUT2D eigenvalue weighted by molar-refractivity contribution is -0.129. The minimum Gasteiger partial charge on any atom is -0.508 e. The van der Waals surface area contributed by atoms with Gasteiger partial charge in [0, 0.05) is 12.6 Å². The van der Waals surface area contributed by atoms with Crippen molar-refractivity contribution in [3.05, 3.63) is 29.8 Å². The van der Waals surface area contributed by atoms with Crippen LogP contribution >= 0.6 is 7.37 Å². The van der Waals surface area contributed by atoms with Gasteiger partial charge in [-0.2, -0.15) is 0 Å². The summed E-state index contributed by atoms with van der Waals surface area (Å²) in [5.74, 6) is -0.485. The lowest BCUT2D eigenvalue weighted by atomic mass is 9.91. The van der Waals surface area contributed by atoms with Crippen LogP contribution in [0.15, 0.2) is 24.3 Å². The highest BCUT2D eigenvalue weighted by Crippen LogP contribution is 2.46. The summed E-state index contributed by atoms with van der Waals surface area (Å²) in [6, 6.07) is 4.75. The van der Waals surface area contributed by atoms with E-state index in [4.69, 9.17) is 5.73 Å². The number of benzene rings is 1. The van der Waals surface area contributed by atoms with Gasteiger partial charge < -0.3 is 26.2 Å². The Hall–Kier alpha value is -1.73. The molecule has 1 aliphatic rings. The van der Waals surface area contributed by atoms with Crippen molar-refractivity contribution in [2.75, 3.05) is 12.3 Å². The zero-order valence-corrected chi connectivity index (χ0v) is 21.3. The number of carbonyl (C=O) groups is 2. The van der Waals surface area contributed by atoms with E-state index in [0.717, 1.165) is 31.2 Å². The van der Waals surface area contributed by atoms with E-state index < -0.39 is 31.5 Å². The number of phenols is 1. The first-order valence-corrected chi connectivity index (χ1v) is 14.4. The minimum absolute atomic E-state index is 0.0372. The second-order valence-electron chi connectivity index (χ2n) is 10.1. The van der Waals surface area contributed by atoms with Gasteiger partial charge in [0.05, 0.1) is 24.3 Å². The number of amides is 1. The van der Waals surface area contributed by atoms with Crippen molar-refractivity contribution in [2.24, 2.45) is 17.6 Å². The average Bonchev–Trinajstić information content (AvgIpc) is 2.77. The maximum absolute atomic E-state index is 13.0. The van der Waals surface area contributed by atoms with E-state index in [1.807, 2.05) is 13.8 Å². The quantitative estimate of drug-likeness (QED) is 0.264. The van der Waals surface area contributed by atoms with Gasteiger partial charge in [-0.3, -0.25) is 14.2 Å². The van der Waals surface area contributed by atoms with Crippen LogP contribution in [0, 0.1) is 11.8 Å². The summed E-state index contributed by atoms with van der Waals surface area (Å²) in [4.78, 5) is 35.9. The molecule has 0 bridgehead atoms. The van der Waals surface area contributed by atoms with E-state index in [-0.39, 0.29) is 55.0 Å². The Balaban J connectivity index is 1.95. The molecule has 0 spiro atoms. The summed E-state index contributed by atoms with van der Waals surface area (Å²) in [6.45, 7) is 3.63. The Morgan fingerprint density at radius 2 is 1.76 bits per heavy atom. The number of phenolic OH excluding ortho intramolecular Hbond substituents is 1. The maximum atomic E-state index is 13.0. The highest BCUT2D eigenvalue weighted by atomic mass is 31.2. The van der Waals surface area contributed by atoms with Gasteiger partial charge in [0.15, 0.2) is 5.78 Å². The molecule has 0 heterocycles. The molecular weight excluding hydrogens is 455 g/mol. The van der Waals surface area contributed by atoms with Crippen molar-refractivity contribution in [3.63, 3.8) is 0 Å². The maximum Gasteiger partial charge on any atom is 0.237 e. The summed E-state index contributed by atoms with van der Waals surface area (Å²) in [5.41, 5.74) is 6.69. The van der Waals surface area contributed by atoms with Gasteiger partial charge >= 0.3 is 0 Å². The molecule has 2 rings (SSSR count). The molecule has 34 heavy (non-hydrogen) atoms. The fourth-order valence-corrected chi connectivity index (χ4v) is 6.60. The largest absolute Gasteiger partial charge is 0.508 e. The van der Waals surface area contributed by atoms with Gasteiger partial charge in [-0.05, 0) is 55.2 Å². The highest BCUT2D eigenvalue weighted by Gasteiger charge is 2.30. The number of nitrogens with two attached hydrogens (primary N) is 1. The minimum atomic E-state index is -3.48. The predicted octanol–water partition coefficient (Wildman–Crippen LogP) is 2.96. The predicted molar refractivity (Wildman–Crippen MR) is 133 cm³/mol. The molecule has 6 N–H and O–H groups in total. The molecule has 1 saturated carbocycles. The molecule has 0 aromatic heterocycles. The fraction of sp³-hybridized carbons (Fsp3) is 0.680. The van der Waals surface area contributed by atoms with Gasteiger partial charge in [-0.15, -0.1) is 0 Å². The molecule has 4 atom stereocenters. The van der Waals surface area contributed by atoms with Gasteiger partial charge in [-0.1, -0.05) is 45.2 Å². The monoisotopic (exact) mass is 496 g/mol. The van der Waals surface area contributed by atoms with E-state index in [0.29, 0.717) is 0 Å². The van der Waals surface area contributed by atoms with E-state index in [1.54, 1.807) is 12.1 Å². The molecule has 8 nitrogen and oxygen atoms in total. The molecule has 0 saturated heterocycles. The Morgan fingerprint density at radius 3 is 2.35 bits per heavy atom. The molecule has 1 fully saturated rings. The van der Waals surface area contributed by atoms with Crippen molar-refractivity contribution in [2.45, 2.75) is 83.4 Å². The number of aliphatic hydroxyl groups is 1. The van der Waals surface area contributed by atoms with Crippen molar-refractivity contribution >= 4 is 19.1 Å². The van der Waals surface area contributed by atoms with Crippen LogP contribution < -0.4 is 11.1 Å². The van der Waals surface area contributed by atoms with E-state index in [9.17, 15) is 29.3 Å². The number of Topliss-reactive ketones (excluding diaryl/α,β-unsaturated/α-hetero) is 1. The van der Waals surface area contributed by atoms with Gasteiger partial charge in [0.2, 0.25) is 13.3 Å². The SMILES string of the molecule is CC(C)[C@H](N)C(=O)N[C@@H](Cc1ccc(O)cc1)C(=O)CC[C@@H](O)CP(=O)(O)CC1CCCCC1. The van der Waals surface area contributed by atoms with E-state index in [1.165, 1.54) is 18.6 Å². The van der Waals surface area contributed by atoms with Crippen LogP contribution in [0.25, 0.3) is 0 Å². The lowest BCUT2D eigenvalue weighted by Gasteiger charge is -2.25. The molecule has 0 aliphatic heterocycles. The first-order valence-electron chi connectivity index (χ1n) is 12.3. The van der Waals surface area contributed by atoms with Crippen molar-refractivity contribution in [1.29, 1.82) is 0 Å². The zero-order valence-electron chi connectivity index (χ0n) is 20.4. The molecule has 1 aliphatic carbocycles. The van der Waals surface area contributed by atoms with E-state index in [2.05, 4.69) is 5.32 Å². The normalized spacial score (nSPS) is 19.2. The molecule has 192 valence electrons. The number of aromatic hydroxyl groups is 1. The summed E-state index contributed by atoms with van der Waals surface area (Å²) >= 11 is 0. The van der Waals surface area contributed by atoms with Crippen LogP contribution in [0.5, 0.6) is 5.75 Å². The molecule has 1 amide bonds. The second kappa shape index (κ2) is 13.4. The molecule has 0 radical (unpaired) electrons. The van der Waals surface area contributed by atoms with Gasteiger partial charge in [-0.25, -0.2) is 0 Å².